The minimum absolute atomic E-state index is 0.263. The van der Waals surface area contributed by atoms with Crippen molar-refractivity contribution in [2.45, 2.75) is 24.2 Å². The zero-order chi connectivity index (χ0) is 15.2. The molecule has 1 aliphatic carbocycles. The molecule has 0 fully saturated rings. The fourth-order valence-electron chi connectivity index (χ4n) is 2.91. The van der Waals surface area contributed by atoms with Gasteiger partial charge in [-0.3, -0.25) is 0 Å². The van der Waals surface area contributed by atoms with Crippen LogP contribution in [0, 0.1) is 0 Å². The van der Waals surface area contributed by atoms with Crippen molar-refractivity contribution in [3.8, 4) is 11.5 Å². The Labute approximate surface area is 128 Å². The summed E-state index contributed by atoms with van der Waals surface area (Å²) in [7, 11) is -3.65. The number of aryl methyl sites for hydroxylation is 2. The molecule has 3 aromatic rings. The van der Waals surface area contributed by atoms with E-state index in [2.05, 4.69) is 5.16 Å². The largest absolute Gasteiger partial charge is 0.354 e. The first-order chi connectivity index (χ1) is 10.7. The van der Waals surface area contributed by atoms with Crippen LogP contribution in [0.25, 0.3) is 11.5 Å². The van der Waals surface area contributed by atoms with Crippen LogP contribution in [0.5, 0.6) is 0 Å². The lowest BCUT2D eigenvalue weighted by Gasteiger charge is -2.10. The van der Waals surface area contributed by atoms with Gasteiger partial charge in [-0.2, -0.15) is 0 Å². The van der Waals surface area contributed by atoms with E-state index in [1.807, 2.05) is 6.07 Å². The molecule has 2 aromatic heterocycles. The van der Waals surface area contributed by atoms with Gasteiger partial charge in [0.25, 0.3) is 10.0 Å². The molecule has 0 saturated heterocycles. The van der Waals surface area contributed by atoms with Crippen molar-refractivity contribution in [2.75, 3.05) is 0 Å². The summed E-state index contributed by atoms with van der Waals surface area (Å²) in [6, 6.07) is 10.3. The molecule has 4 rings (SSSR count). The molecule has 0 saturated carbocycles. The lowest BCUT2D eigenvalue weighted by molar-refractivity contribution is 0.430. The van der Waals surface area contributed by atoms with E-state index in [9.17, 15) is 8.42 Å². The van der Waals surface area contributed by atoms with Crippen LogP contribution in [0.15, 0.2) is 58.2 Å². The zero-order valence-corrected chi connectivity index (χ0v) is 12.6. The van der Waals surface area contributed by atoms with E-state index in [0.29, 0.717) is 11.5 Å². The molecule has 0 amide bonds. The Hall–Kier alpha value is -2.34. The lowest BCUT2D eigenvalue weighted by Crippen LogP contribution is -2.13. The van der Waals surface area contributed by atoms with E-state index in [-0.39, 0.29) is 4.90 Å². The zero-order valence-electron chi connectivity index (χ0n) is 11.8. The van der Waals surface area contributed by atoms with Crippen molar-refractivity contribution in [1.82, 2.24) is 9.13 Å². The maximum absolute atomic E-state index is 12.9. The Kier molecular flexibility index (Phi) is 2.94. The minimum atomic E-state index is -3.65. The summed E-state index contributed by atoms with van der Waals surface area (Å²) in [4.78, 5) is 0.263. The first-order valence-electron chi connectivity index (χ1n) is 7.13. The third kappa shape index (κ3) is 1.91. The quantitative estimate of drug-likeness (QED) is 0.729. The maximum Gasteiger partial charge on any atom is 0.268 e. The molecule has 1 aromatic carbocycles. The van der Waals surface area contributed by atoms with Gasteiger partial charge in [0.05, 0.1) is 11.1 Å². The summed E-state index contributed by atoms with van der Waals surface area (Å²) < 4.78 is 32.5. The molecule has 0 N–H and O–H groups in total. The lowest BCUT2D eigenvalue weighted by atomic mass is 10.1. The molecule has 1 aliphatic rings. The van der Waals surface area contributed by atoms with Gasteiger partial charge in [-0.1, -0.05) is 23.4 Å². The van der Waals surface area contributed by atoms with E-state index in [1.54, 1.807) is 42.7 Å². The van der Waals surface area contributed by atoms with Gasteiger partial charge in [0.15, 0.2) is 5.76 Å². The van der Waals surface area contributed by atoms with Crippen molar-refractivity contribution in [3.05, 3.63) is 59.9 Å². The Morgan fingerprint density at radius 3 is 2.64 bits per heavy atom. The molecule has 0 bridgehead atoms. The number of rotatable bonds is 2. The average Bonchev–Trinajstić information content (AvgIpc) is 3.12. The van der Waals surface area contributed by atoms with Crippen LogP contribution in [0.1, 0.15) is 17.5 Å². The van der Waals surface area contributed by atoms with Crippen LogP contribution in [-0.4, -0.2) is 17.5 Å². The molecule has 6 heteroatoms. The van der Waals surface area contributed by atoms with Crippen molar-refractivity contribution >= 4 is 10.0 Å². The van der Waals surface area contributed by atoms with Crippen LogP contribution >= 0.6 is 0 Å². The molecular formula is C16H14N2O3S. The predicted octanol–water partition coefficient (Wildman–Crippen LogP) is 2.87. The first-order valence-corrected chi connectivity index (χ1v) is 8.57. The summed E-state index contributed by atoms with van der Waals surface area (Å²) in [6.07, 6.45) is 5.91. The number of hydrogen-bond donors (Lipinski definition) is 0. The summed E-state index contributed by atoms with van der Waals surface area (Å²) in [6.45, 7) is 0. The second-order valence-corrected chi connectivity index (χ2v) is 7.15. The van der Waals surface area contributed by atoms with Crippen molar-refractivity contribution in [3.63, 3.8) is 0 Å². The van der Waals surface area contributed by atoms with Crippen molar-refractivity contribution in [2.24, 2.45) is 0 Å². The molecule has 5 nitrogen and oxygen atoms in total. The van der Waals surface area contributed by atoms with Crippen LogP contribution < -0.4 is 0 Å². The monoisotopic (exact) mass is 314 g/mol. The van der Waals surface area contributed by atoms with E-state index in [0.717, 1.165) is 30.4 Å². The van der Waals surface area contributed by atoms with E-state index >= 15 is 0 Å². The van der Waals surface area contributed by atoms with Gasteiger partial charge >= 0.3 is 0 Å². The van der Waals surface area contributed by atoms with Crippen LogP contribution in [-0.2, 0) is 22.9 Å². The molecule has 0 spiro atoms. The summed E-state index contributed by atoms with van der Waals surface area (Å²) >= 11 is 0. The second-order valence-electron chi connectivity index (χ2n) is 5.34. The van der Waals surface area contributed by atoms with Gasteiger partial charge in [0.2, 0.25) is 0 Å². The normalized spacial score (nSPS) is 14.2. The van der Waals surface area contributed by atoms with Gasteiger partial charge in [0, 0.05) is 11.8 Å². The number of benzene rings is 1. The maximum atomic E-state index is 12.9. The predicted molar refractivity (Wildman–Crippen MR) is 81.0 cm³/mol. The van der Waals surface area contributed by atoms with Gasteiger partial charge in [-0.15, -0.1) is 0 Å². The third-order valence-electron chi connectivity index (χ3n) is 3.99. The SMILES string of the molecule is O=S(=O)(c1ccccc1)n1ccc2c1-c1oncc1CCC2. The Balaban J connectivity index is 1.96. The fourth-order valence-corrected chi connectivity index (χ4v) is 4.30. The fraction of sp³-hybridized carbons (Fsp3) is 0.188. The Bertz CT molecular complexity index is 923. The smallest absolute Gasteiger partial charge is 0.268 e. The van der Waals surface area contributed by atoms with Crippen LogP contribution in [0.3, 0.4) is 0 Å². The van der Waals surface area contributed by atoms with Crippen molar-refractivity contribution < 1.29 is 12.9 Å². The summed E-state index contributed by atoms with van der Waals surface area (Å²) in [5.41, 5.74) is 2.55. The molecule has 0 aliphatic heterocycles. The molecule has 22 heavy (non-hydrogen) atoms. The average molecular weight is 314 g/mol. The van der Waals surface area contributed by atoms with E-state index < -0.39 is 10.0 Å². The van der Waals surface area contributed by atoms with Crippen LogP contribution in [0.4, 0.5) is 0 Å². The molecule has 0 atom stereocenters. The highest BCUT2D eigenvalue weighted by Gasteiger charge is 2.28. The molecule has 2 heterocycles. The summed E-state index contributed by atoms with van der Waals surface area (Å²) in [5.74, 6) is 0.567. The van der Waals surface area contributed by atoms with E-state index in [1.165, 1.54) is 3.97 Å². The topological polar surface area (TPSA) is 65.1 Å². The number of fused-ring (bicyclic) bond motifs is 3. The standard InChI is InChI=1S/C16H14N2O3S/c19-22(20,14-7-2-1-3-8-14)18-10-9-12-5-4-6-13-11-17-21-16(13)15(12)18/h1-3,7-11H,4-6H2. The van der Waals surface area contributed by atoms with Gasteiger partial charge < -0.3 is 4.52 Å². The molecular weight excluding hydrogens is 300 g/mol. The second kappa shape index (κ2) is 4.84. The van der Waals surface area contributed by atoms with Crippen LogP contribution in [0.2, 0.25) is 0 Å². The van der Waals surface area contributed by atoms with Gasteiger partial charge in [-0.05, 0) is 43.0 Å². The highest BCUT2D eigenvalue weighted by atomic mass is 32.2. The van der Waals surface area contributed by atoms with Gasteiger partial charge in [-0.25, -0.2) is 12.4 Å². The van der Waals surface area contributed by atoms with Crippen molar-refractivity contribution in [1.29, 1.82) is 0 Å². The number of nitrogens with zero attached hydrogens (tertiary/aromatic N) is 2. The minimum Gasteiger partial charge on any atom is -0.354 e. The molecule has 112 valence electrons. The molecule has 0 radical (unpaired) electrons. The highest BCUT2D eigenvalue weighted by Crippen LogP contribution is 2.35. The number of aromatic nitrogens is 2. The van der Waals surface area contributed by atoms with Gasteiger partial charge in [0.1, 0.15) is 5.69 Å². The first kappa shape index (κ1) is 13.3. The highest BCUT2D eigenvalue weighted by molar-refractivity contribution is 7.90. The number of hydrogen-bond acceptors (Lipinski definition) is 4. The van der Waals surface area contributed by atoms with E-state index in [4.69, 9.17) is 4.52 Å². The third-order valence-corrected chi connectivity index (χ3v) is 5.68. The Morgan fingerprint density at radius 1 is 1.05 bits per heavy atom. The Morgan fingerprint density at radius 2 is 1.82 bits per heavy atom. The summed E-state index contributed by atoms with van der Waals surface area (Å²) in [5, 5.41) is 3.84. The molecule has 0 unspecified atom stereocenters.